The number of unbranched alkanes of at least 4 members (excludes halogenated alkanes) is 1. The summed E-state index contributed by atoms with van der Waals surface area (Å²) < 4.78 is 0. The second-order valence-electron chi connectivity index (χ2n) is 9.31. The minimum absolute atomic E-state index is 0.00789. The fourth-order valence-corrected chi connectivity index (χ4v) is 3.96. The number of nitrogens with zero attached hydrogens (tertiary/aromatic N) is 1. The van der Waals surface area contributed by atoms with Gasteiger partial charge in [0.1, 0.15) is 0 Å². The van der Waals surface area contributed by atoms with E-state index < -0.39 is 0 Å². The summed E-state index contributed by atoms with van der Waals surface area (Å²) in [6.45, 7) is 15.1. The summed E-state index contributed by atoms with van der Waals surface area (Å²) in [5, 5.41) is 3.14. The first-order valence-corrected chi connectivity index (χ1v) is 10.4. The van der Waals surface area contributed by atoms with E-state index in [0.717, 1.165) is 35.8 Å². The Kier molecular flexibility index (Phi) is 7.14. The van der Waals surface area contributed by atoms with Gasteiger partial charge in [-0.05, 0) is 61.3 Å². The molecule has 1 saturated heterocycles. The predicted octanol–water partition coefficient (Wildman–Crippen LogP) is 6.08. The molecule has 0 unspecified atom stereocenters. The van der Waals surface area contributed by atoms with Crippen LogP contribution in [-0.4, -0.2) is 19.0 Å². The Morgan fingerprint density at radius 1 is 1.15 bits per heavy atom. The molecule has 1 N–H and O–H groups in total. The van der Waals surface area contributed by atoms with Crippen LogP contribution in [0.25, 0.3) is 0 Å². The number of carbonyl (C=O) groups is 1. The summed E-state index contributed by atoms with van der Waals surface area (Å²) in [6, 6.07) is 4.48. The van der Waals surface area contributed by atoms with Crippen LogP contribution in [0, 0.1) is 25.2 Å². The van der Waals surface area contributed by atoms with E-state index in [1.807, 2.05) is 0 Å². The molecule has 0 radical (unpaired) electrons. The molecule has 0 spiro atoms. The SMILES string of the molecule is CCCCC1CCN(c2cc(C)c(NC(=O)CC(C)(C)C)c(C)c2)CC1. The molecule has 3 heteroatoms. The average Bonchev–Trinajstić information content (AvgIpc) is 2.55. The maximum Gasteiger partial charge on any atom is 0.224 e. The third kappa shape index (κ3) is 6.03. The Morgan fingerprint density at radius 2 is 1.73 bits per heavy atom. The van der Waals surface area contributed by atoms with Crippen molar-refractivity contribution in [3.05, 3.63) is 23.3 Å². The number of rotatable bonds is 6. The van der Waals surface area contributed by atoms with Gasteiger partial charge in [-0.1, -0.05) is 47.0 Å². The number of anilines is 2. The van der Waals surface area contributed by atoms with Crippen molar-refractivity contribution in [1.29, 1.82) is 0 Å². The van der Waals surface area contributed by atoms with Crippen LogP contribution in [0.3, 0.4) is 0 Å². The summed E-state index contributed by atoms with van der Waals surface area (Å²) in [5.41, 5.74) is 4.63. The number of carbonyl (C=O) groups excluding carboxylic acids is 1. The molecule has 1 amide bonds. The van der Waals surface area contributed by atoms with E-state index in [0.29, 0.717) is 6.42 Å². The minimum atomic E-state index is 0.00789. The Morgan fingerprint density at radius 3 is 2.23 bits per heavy atom. The van der Waals surface area contributed by atoms with E-state index in [1.165, 1.54) is 37.8 Å². The number of piperidine rings is 1. The molecular weight excluding hydrogens is 320 g/mol. The Balaban J connectivity index is 2.02. The van der Waals surface area contributed by atoms with Crippen molar-refractivity contribution in [3.8, 4) is 0 Å². The first-order valence-electron chi connectivity index (χ1n) is 10.4. The second kappa shape index (κ2) is 8.92. The van der Waals surface area contributed by atoms with Crippen LogP contribution >= 0.6 is 0 Å². The van der Waals surface area contributed by atoms with Gasteiger partial charge in [0.2, 0.25) is 5.91 Å². The van der Waals surface area contributed by atoms with E-state index in [9.17, 15) is 4.79 Å². The van der Waals surface area contributed by atoms with Crippen molar-refractivity contribution in [1.82, 2.24) is 0 Å². The van der Waals surface area contributed by atoms with Crippen molar-refractivity contribution >= 4 is 17.3 Å². The molecule has 0 saturated carbocycles. The van der Waals surface area contributed by atoms with Crippen LogP contribution < -0.4 is 10.2 Å². The molecule has 1 heterocycles. The van der Waals surface area contributed by atoms with Crippen LogP contribution in [0.5, 0.6) is 0 Å². The van der Waals surface area contributed by atoms with Gasteiger partial charge in [-0.15, -0.1) is 0 Å². The molecule has 1 aliphatic rings. The smallest absolute Gasteiger partial charge is 0.224 e. The van der Waals surface area contributed by atoms with Gasteiger partial charge in [0.25, 0.3) is 0 Å². The van der Waals surface area contributed by atoms with Crippen LogP contribution in [-0.2, 0) is 4.79 Å². The first kappa shape index (κ1) is 20.8. The zero-order chi connectivity index (χ0) is 19.3. The third-order valence-corrected chi connectivity index (χ3v) is 5.42. The van der Waals surface area contributed by atoms with E-state index in [-0.39, 0.29) is 11.3 Å². The highest BCUT2D eigenvalue weighted by atomic mass is 16.1. The fraction of sp³-hybridized carbons (Fsp3) is 0.696. The molecule has 1 aromatic rings. The highest BCUT2D eigenvalue weighted by Gasteiger charge is 2.21. The fourth-order valence-electron chi connectivity index (χ4n) is 3.96. The number of amides is 1. The first-order chi connectivity index (χ1) is 12.2. The lowest BCUT2D eigenvalue weighted by molar-refractivity contribution is -0.117. The number of hydrogen-bond acceptors (Lipinski definition) is 2. The third-order valence-electron chi connectivity index (χ3n) is 5.42. The number of nitrogens with one attached hydrogen (secondary N) is 1. The van der Waals surface area contributed by atoms with Gasteiger partial charge in [0, 0.05) is 30.9 Å². The summed E-state index contributed by atoms with van der Waals surface area (Å²) in [6.07, 6.45) is 7.22. The molecule has 0 aliphatic carbocycles. The van der Waals surface area contributed by atoms with Gasteiger partial charge < -0.3 is 10.2 Å². The number of benzene rings is 1. The maximum atomic E-state index is 12.3. The summed E-state index contributed by atoms with van der Waals surface area (Å²) in [4.78, 5) is 14.8. The molecule has 3 nitrogen and oxygen atoms in total. The van der Waals surface area contributed by atoms with Gasteiger partial charge in [0.15, 0.2) is 0 Å². The zero-order valence-corrected chi connectivity index (χ0v) is 17.7. The number of aryl methyl sites for hydroxylation is 2. The molecule has 146 valence electrons. The highest BCUT2D eigenvalue weighted by molar-refractivity contribution is 5.93. The van der Waals surface area contributed by atoms with Gasteiger partial charge in [-0.3, -0.25) is 4.79 Å². The minimum Gasteiger partial charge on any atom is -0.371 e. The van der Waals surface area contributed by atoms with Crippen LogP contribution in [0.4, 0.5) is 11.4 Å². The highest BCUT2D eigenvalue weighted by Crippen LogP contribution is 2.31. The summed E-state index contributed by atoms with van der Waals surface area (Å²) in [5.74, 6) is 1.01. The predicted molar refractivity (Wildman–Crippen MR) is 113 cm³/mol. The van der Waals surface area contributed by atoms with Gasteiger partial charge in [-0.2, -0.15) is 0 Å². The molecule has 0 aromatic heterocycles. The molecule has 0 bridgehead atoms. The van der Waals surface area contributed by atoms with E-state index >= 15 is 0 Å². The van der Waals surface area contributed by atoms with Crippen molar-refractivity contribution < 1.29 is 4.79 Å². The average molecular weight is 359 g/mol. The molecular formula is C23H38N2O. The topological polar surface area (TPSA) is 32.3 Å². The van der Waals surface area contributed by atoms with Crippen LogP contribution in [0.2, 0.25) is 0 Å². The molecule has 1 aliphatic heterocycles. The number of hydrogen-bond donors (Lipinski definition) is 1. The van der Waals surface area contributed by atoms with Crippen molar-refractivity contribution in [3.63, 3.8) is 0 Å². The standard InChI is InChI=1S/C23H38N2O/c1-7-8-9-19-10-12-25(13-11-19)20-14-17(2)22(18(3)15-20)24-21(26)16-23(4,5)6/h14-15,19H,7-13,16H2,1-6H3,(H,24,26). The van der Waals surface area contributed by atoms with E-state index in [4.69, 9.17) is 0 Å². The molecule has 2 rings (SSSR count). The van der Waals surface area contributed by atoms with Gasteiger partial charge in [0.05, 0.1) is 0 Å². The maximum absolute atomic E-state index is 12.3. The van der Waals surface area contributed by atoms with Gasteiger partial charge >= 0.3 is 0 Å². The van der Waals surface area contributed by atoms with Crippen molar-refractivity contribution in [2.24, 2.45) is 11.3 Å². The Bertz CT molecular complexity index is 584. The largest absolute Gasteiger partial charge is 0.371 e. The van der Waals surface area contributed by atoms with Crippen LogP contribution in [0.1, 0.15) is 77.3 Å². The lowest BCUT2D eigenvalue weighted by atomic mass is 9.91. The summed E-state index contributed by atoms with van der Waals surface area (Å²) >= 11 is 0. The Labute approximate surface area is 160 Å². The van der Waals surface area contributed by atoms with E-state index in [2.05, 4.69) is 63.9 Å². The molecule has 0 atom stereocenters. The molecule has 1 fully saturated rings. The Hall–Kier alpha value is -1.51. The van der Waals surface area contributed by atoms with Gasteiger partial charge in [-0.25, -0.2) is 0 Å². The van der Waals surface area contributed by atoms with Crippen molar-refractivity contribution in [2.75, 3.05) is 23.3 Å². The summed E-state index contributed by atoms with van der Waals surface area (Å²) in [7, 11) is 0. The lowest BCUT2D eigenvalue weighted by Gasteiger charge is -2.34. The van der Waals surface area contributed by atoms with E-state index in [1.54, 1.807) is 0 Å². The molecule has 1 aromatic carbocycles. The lowest BCUT2D eigenvalue weighted by Crippen LogP contribution is -2.33. The quantitative estimate of drug-likeness (QED) is 0.668. The van der Waals surface area contributed by atoms with Crippen LogP contribution in [0.15, 0.2) is 12.1 Å². The molecule has 26 heavy (non-hydrogen) atoms. The monoisotopic (exact) mass is 358 g/mol. The normalized spacial score (nSPS) is 16.0. The second-order valence-corrected chi connectivity index (χ2v) is 9.31. The zero-order valence-electron chi connectivity index (χ0n) is 17.7. The van der Waals surface area contributed by atoms with Crippen molar-refractivity contribution in [2.45, 2.75) is 80.1 Å².